The molecule has 1 aliphatic carbocycles. The third kappa shape index (κ3) is 4.15. The van der Waals surface area contributed by atoms with Gasteiger partial charge in [0, 0.05) is 0 Å². The third-order valence-electron chi connectivity index (χ3n) is 2.22. The second kappa shape index (κ2) is 6.09. The van der Waals surface area contributed by atoms with Crippen LogP contribution in [0.1, 0.15) is 25.7 Å². The molecule has 80 valence electrons. The number of aliphatic hydroxyl groups is 1. The van der Waals surface area contributed by atoms with Crippen LogP contribution in [0.3, 0.4) is 0 Å². The fraction of sp³-hybridized carbons (Fsp3) is 0.700. The summed E-state index contributed by atoms with van der Waals surface area (Å²) in [7, 11) is 0. The molecule has 0 aliphatic heterocycles. The highest BCUT2D eigenvalue weighted by Crippen LogP contribution is 2.16. The molecule has 0 spiro atoms. The number of hydrogen-bond donors (Lipinski definition) is 1. The first-order chi connectivity index (χ1) is 6.72. The van der Waals surface area contributed by atoms with Gasteiger partial charge in [-0.2, -0.15) is 0 Å². The van der Waals surface area contributed by atoms with Crippen LogP contribution in [-0.4, -0.2) is 28.9 Å². The molecule has 0 amide bonds. The zero-order valence-corrected chi connectivity index (χ0v) is 9.13. The van der Waals surface area contributed by atoms with Crippen molar-refractivity contribution in [3.8, 4) is 0 Å². The molecule has 0 heterocycles. The van der Waals surface area contributed by atoms with Gasteiger partial charge >= 0.3 is 5.30 Å². The van der Waals surface area contributed by atoms with Crippen molar-refractivity contribution < 1.29 is 14.6 Å². The molecule has 1 aliphatic rings. The Morgan fingerprint density at radius 2 is 2.29 bits per heavy atom. The molecular weight excluding hydrogens is 200 g/mol. The monoisotopic (exact) mass is 216 g/mol. The summed E-state index contributed by atoms with van der Waals surface area (Å²) in [6.45, 7) is 0. The molecule has 3 nitrogen and oxygen atoms in total. The molecule has 4 heteroatoms. The minimum absolute atomic E-state index is 0.162. The van der Waals surface area contributed by atoms with Crippen LogP contribution in [0.2, 0.25) is 0 Å². The number of carbonyl (C=O) groups excluding carboxylic acids is 1. The topological polar surface area (TPSA) is 46.5 Å². The van der Waals surface area contributed by atoms with E-state index >= 15 is 0 Å². The molecule has 0 aromatic heterocycles. The summed E-state index contributed by atoms with van der Waals surface area (Å²) in [6, 6.07) is 0. The molecule has 1 N–H and O–H groups in total. The largest absolute Gasteiger partial charge is 0.450 e. The maximum Gasteiger partial charge on any atom is 0.367 e. The number of ether oxygens (including phenoxy) is 1. The number of thioether (sulfide) groups is 1. The number of carbonyl (C=O) groups is 1. The van der Waals surface area contributed by atoms with Gasteiger partial charge in [0.15, 0.2) is 0 Å². The summed E-state index contributed by atoms with van der Waals surface area (Å²) >= 11 is 1.07. The van der Waals surface area contributed by atoms with Gasteiger partial charge in [-0.05, 0) is 49.8 Å². The van der Waals surface area contributed by atoms with E-state index in [-0.39, 0.29) is 17.5 Å². The maximum atomic E-state index is 11.0. The molecule has 0 bridgehead atoms. The Labute approximate surface area is 88.5 Å². The Morgan fingerprint density at radius 1 is 1.50 bits per heavy atom. The van der Waals surface area contributed by atoms with E-state index in [4.69, 9.17) is 4.74 Å². The van der Waals surface area contributed by atoms with Crippen LogP contribution >= 0.6 is 11.8 Å². The molecular formula is C10H16O3S. The minimum atomic E-state index is -0.255. The Hall–Kier alpha value is -0.480. The first-order valence-corrected chi connectivity index (χ1v) is 6.04. The van der Waals surface area contributed by atoms with Crippen LogP contribution in [0.5, 0.6) is 0 Å². The average molecular weight is 216 g/mol. The van der Waals surface area contributed by atoms with Crippen LogP contribution in [-0.2, 0) is 4.74 Å². The van der Waals surface area contributed by atoms with Crippen molar-refractivity contribution in [2.75, 3.05) is 6.26 Å². The van der Waals surface area contributed by atoms with E-state index in [1.54, 1.807) is 6.26 Å². The van der Waals surface area contributed by atoms with E-state index in [1.165, 1.54) is 0 Å². The van der Waals surface area contributed by atoms with E-state index < -0.39 is 0 Å². The van der Waals surface area contributed by atoms with Crippen molar-refractivity contribution in [3.05, 3.63) is 12.2 Å². The number of allylic oxidation sites excluding steroid dienone is 1. The third-order valence-corrected chi connectivity index (χ3v) is 2.65. The van der Waals surface area contributed by atoms with E-state index in [2.05, 4.69) is 0 Å². The maximum absolute atomic E-state index is 11.0. The lowest BCUT2D eigenvalue weighted by molar-refractivity contribution is 0.108. The van der Waals surface area contributed by atoms with Crippen LogP contribution in [0.25, 0.3) is 0 Å². The number of aliphatic hydroxyl groups excluding tert-OH is 1. The van der Waals surface area contributed by atoms with Gasteiger partial charge < -0.3 is 9.84 Å². The SMILES string of the molecule is CSC(=O)OC1/C=C/CCC(O)CC1. The quantitative estimate of drug-likeness (QED) is 0.540. The first kappa shape index (κ1) is 11.6. The predicted octanol–water partition coefficient (Wildman–Crippen LogP) is 2.35. The van der Waals surface area contributed by atoms with Crippen molar-refractivity contribution in [2.45, 2.75) is 37.9 Å². The summed E-state index contributed by atoms with van der Waals surface area (Å²) in [5.41, 5.74) is 0. The van der Waals surface area contributed by atoms with Gasteiger partial charge in [0.05, 0.1) is 6.10 Å². The highest BCUT2D eigenvalue weighted by atomic mass is 32.2. The van der Waals surface area contributed by atoms with Crippen molar-refractivity contribution in [2.24, 2.45) is 0 Å². The Balaban J connectivity index is 2.42. The zero-order chi connectivity index (χ0) is 10.4. The van der Waals surface area contributed by atoms with E-state index in [0.29, 0.717) is 12.8 Å². The van der Waals surface area contributed by atoms with Gasteiger partial charge in [-0.15, -0.1) is 0 Å². The molecule has 14 heavy (non-hydrogen) atoms. The van der Waals surface area contributed by atoms with Gasteiger partial charge in [-0.3, -0.25) is 0 Å². The van der Waals surface area contributed by atoms with Crippen LogP contribution in [0.15, 0.2) is 12.2 Å². The minimum Gasteiger partial charge on any atom is -0.450 e. The second-order valence-corrected chi connectivity index (χ2v) is 4.09. The molecule has 0 fully saturated rings. The van der Waals surface area contributed by atoms with Gasteiger partial charge in [0.1, 0.15) is 6.10 Å². The lowest BCUT2D eigenvalue weighted by Gasteiger charge is -2.18. The van der Waals surface area contributed by atoms with Gasteiger partial charge in [-0.25, -0.2) is 4.79 Å². The normalized spacial score (nSPS) is 30.1. The van der Waals surface area contributed by atoms with Crippen molar-refractivity contribution in [1.29, 1.82) is 0 Å². The molecule has 0 aromatic rings. The predicted molar refractivity (Wildman–Crippen MR) is 57.4 cm³/mol. The van der Waals surface area contributed by atoms with Gasteiger partial charge in [0.2, 0.25) is 0 Å². The molecule has 0 radical (unpaired) electrons. The molecule has 0 saturated carbocycles. The zero-order valence-electron chi connectivity index (χ0n) is 8.31. The standard InChI is InChI=1S/C10H16O3S/c1-14-10(12)13-9-5-3-2-4-8(11)6-7-9/h3,5,8-9,11H,2,4,6-7H2,1H3/b5-3+. The summed E-state index contributed by atoms with van der Waals surface area (Å²) < 4.78 is 5.15. The lowest BCUT2D eigenvalue weighted by Crippen LogP contribution is -2.18. The lowest BCUT2D eigenvalue weighted by atomic mass is 10.0. The summed E-state index contributed by atoms with van der Waals surface area (Å²) in [5, 5.41) is 9.19. The molecule has 0 saturated heterocycles. The Kier molecular flexibility index (Phi) is 5.04. The van der Waals surface area contributed by atoms with Crippen molar-refractivity contribution in [3.63, 3.8) is 0 Å². The highest BCUT2D eigenvalue weighted by molar-refractivity contribution is 8.12. The van der Waals surface area contributed by atoms with Crippen molar-refractivity contribution in [1.82, 2.24) is 0 Å². The Morgan fingerprint density at radius 3 is 3.00 bits per heavy atom. The highest BCUT2D eigenvalue weighted by Gasteiger charge is 2.15. The number of rotatable bonds is 1. The summed E-state index contributed by atoms with van der Waals surface area (Å²) in [4.78, 5) is 11.0. The van der Waals surface area contributed by atoms with Gasteiger partial charge in [-0.1, -0.05) is 6.08 Å². The van der Waals surface area contributed by atoms with E-state index in [1.807, 2.05) is 12.2 Å². The van der Waals surface area contributed by atoms with Crippen LogP contribution in [0.4, 0.5) is 4.79 Å². The van der Waals surface area contributed by atoms with Crippen LogP contribution < -0.4 is 0 Å². The fourth-order valence-corrected chi connectivity index (χ4v) is 1.62. The summed E-state index contributed by atoms with van der Waals surface area (Å²) in [5.74, 6) is 0. The van der Waals surface area contributed by atoms with Crippen molar-refractivity contribution >= 4 is 17.1 Å². The average Bonchev–Trinajstić information content (AvgIpc) is 2.16. The molecule has 2 unspecified atom stereocenters. The number of hydrogen-bond acceptors (Lipinski definition) is 4. The Bertz CT molecular complexity index is 215. The van der Waals surface area contributed by atoms with Gasteiger partial charge in [0.25, 0.3) is 0 Å². The van der Waals surface area contributed by atoms with Crippen LogP contribution in [0, 0.1) is 0 Å². The first-order valence-electron chi connectivity index (χ1n) is 4.81. The second-order valence-electron chi connectivity index (χ2n) is 3.35. The van der Waals surface area contributed by atoms with E-state index in [0.717, 1.165) is 24.6 Å². The summed E-state index contributed by atoms with van der Waals surface area (Å²) in [6.07, 6.45) is 8.25. The molecule has 0 aromatic carbocycles. The molecule has 1 rings (SSSR count). The van der Waals surface area contributed by atoms with E-state index in [9.17, 15) is 9.90 Å². The smallest absolute Gasteiger partial charge is 0.367 e. The molecule has 2 atom stereocenters. The fourth-order valence-electron chi connectivity index (χ4n) is 1.40.